The van der Waals surface area contributed by atoms with Gasteiger partial charge in [-0.25, -0.2) is 10.2 Å². The van der Waals surface area contributed by atoms with E-state index in [-0.39, 0.29) is 17.6 Å². The monoisotopic (exact) mass is 301 g/mol. The van der Waals surface area contributed by atoms with Crippen LogP contribution in [0.4, 0.5) is 4.79 Å². The fourth-order valence-corrected chi connectivity index (χ4v) is 3.12. The van der Waals surface area contributed by atoms with E-state index >= 15 is 0 Å². The number of primary amides is 1. The molecule has 3 atom stereocenters. The van der Waals surface area contributed by atoms with Gasteiger partial charge in [0.2, 0.25) is 0 Å². The van der Waals surface area contributed by atoms with Crippen LogP contribution < -0.4 is 11.2 Å². The van der Waals surface area contributed by atoms with E-state index in [1.54, 1.807) is 6.92 Å². The Kier molecular flexibility index (Phi) is 5.31. The third-order valence-electron chi connectivity index (χ3n) is 4.50. The highest BCUT2D eigenvalue weighted by Gasteiger charge is 2.34. The van der Waals surface area contributed by atoms with E-state index in [9.17, 15) is 9.59 Å². The molecule has 5 heteroatoms. The van der Waals surface area contributed by atoms with E-state index in [1.165, 1.54) is 5.56 Å². The maximum atomic E-state index is 11.8. The Hall–Kier alpha value is -2.17. The van der Waals surface area contributed by atoms with Gasteiger partial charge in [-0.1, -0.05) is 37.3 Å². The molecule has 1 fully saturated rings. The van der Waals surface area contributed by atoms with Crippen LogP contribution in [0.2, 0.25) is 0 Å². The molecule has 22 heavy (non-hydrogen) atoms. The average Bonchev–Trinajstić information content (AvgIpc) is 2.48. The Balaban J connectivity index is 2.18. The van der Waals surface area contributed by atoms with Crippen molar-refractivity contribution in [1.82, 2.24) is 5.43 Å². The predicted octanol–water partition coefficient (Wildman–Crippen LogP) is 2.50. The van der Waals surface area contributed by atoms with Crippen LogP contribution in [0, 0.1) is 17.8 Å². The first-order valence-corrected chi connectivity index (χ1v) is 7.63. The zero-order chi connectivity index (χ0) is 16.1. The van der Waals surface area contributed by atoms with Crippen molar-refractivity contribution in [2.75, 3.05) is 0 Å². The van der Waals surface area contributed by atoms with Crippen molar-refractivity contribution < 1.29 is 9.59 Å². The molecule has 1 aliphatic rings. The van der Waals surface area contributed by atoms with Crippen LogP contribution in [0.1, 0.15) is 32.3 Å². The molecule has 0 aromatic heterocycles. The first-order valence-electron chi connectivity index (χ1n) is 7.63. The standard InChI is InChI=1S/C17H23N3O2/c1-11-14(8-13-6-4-3-5-7-13)9-15(12(2)21)10-16(11)19-20-17(18)22/h3-7,11,14-15H,8-10H2,1-2H3,(H3,18,20,22)/b19-16-/t11-,14-,15+/m1/s1. The number of nitrogens with two attached hydrogens (primary N) is 1. The van der Waals surface area contributed by atoms with Crippen LogP contribution in [-0.4, -0.2) is 17.5 Å². The molecule has 0 spiro atoms. The average molecular weight is 301 g/mol. The van der Waals surface area contributed by atoms with Gasteiger partial charge in [-0.3, -0.25) is 4.79 Å². The number of rotatable bonds is 4. The van der Waals surface area contributed by atoms with E-state index in [0.29, 0.717) is 12.3 Å². The molecule has 0 radical (unpaired) electrons. The van der Waals surface area contributed by atoms with E-state index in [4.69, 9.17) is 5.73 Å². The summed E-state index contributed by atoms with van der Waals surface area (Å²) in [4.78, 5) is 22.7. The fourth-order valence-electron chi connectivity index (χ4n) is 3.12. The molecule has 0 heterocycles. The molecule has 1 aromatic carbocycles. The maximum absolute atomic E-state index is 11.8. The molecule has 1 aromatic rings. The molecule has 2 rings (SSSR count). The van der Waals surface area contributed by atoms with Gasteiger partial charge in [-0.2, -0.15) is 5.10 Å². The number of benzene rings is 1. The minimum atomic E-state index is -0.677. The van der Waals surface area contributed by atoms with Crippen LogP contribution in [0.3, 0.4) is 0 Å². The van der Waals surface area contributed by atoms with Crippen molar-refractivity contribution in [3.8, 4) is 0 Å². The Morgan fingerprint density at radius 2 is 2.00 bits per heavy atom. The van der Waals surface area contributed by atoms with Gasteiger partial charge in [-0.15, -0.1) is 0 Å². The van der Waals surface area contributed by atoms with Gasteiger partial charge < -0.3 is 5.73 Å². The molecular formula is C17H23N3O2. The molecule has 118 valence electrons. The van der Waals surface area contributed by atoms with Crippen molar-refractivity contribution in [2.45, 2.75) is 33.1 Å². The zero-order valence-corrected chi connectivity index (χ0v) is 13.1. The lowest BCUT2D eigenvalue weighted by atomic mass is 9.70. The molecule has 1 aliphatic carbocycles. The van der Waals surface area contributed by atoms with Gasteiger partial charge in [0, 0.05) is 11.6 Å². The molecule has 5 nitrogen and oxygen atoms in total. The summed E-state index contributed by atoms with van der Waals surface area (Å²) >= 11 is 0. The fraction of sp³-hybridized carbons (Fsp3) is 0.471. The topological polar surface area (TPSA) is 84.6 Å². The second-order valence-corrected chi connectivity index (χ2v) is 6.07. The number of carbonyl (C=O) groups is 2. The van der Waals surface area contributed by atoms with Gasteiger partial charge in [0.25, 0.3) is 0 Å². The highest BCUT2D eigenvalue weighted by molar-refractivity contribution is 5.93. The van der Waals surface area contributed by atoms with Crippen LogP contribution in [0.25, 0.3) is 0 Å². The predicted molar refractivity (Wildman–Crippen MR) is 86.4 cm³/mol. The molecule has 2 amide bonds. The number of amides is 2. The molecule has 0 saturated heterocycles. The Morgan fingerprint density at radius 3 is 2.59 bits per heavy atom. The van der Waals surface area contributed by atoms with Crippen molar-refractivity contribution in [2.24, 2.45) is 28.6 Å². The molecule has 0 bridgehead atoms. The van der Waals surface area contributed by atoms with Crippen molar-refractivity contribution in [3.05, 3.63) is 35.9 Å². The number of hydrazone groups is 1. The number of urea groups is 1. The van der Waals surface area contributed by atoms with Crippen molar-refractivity contribution in [3.63, 3.8) is 0 Å². The molecule has 3 N–H and O–H groups in total. The van der Waals surface area contributed by atoms with Crippen LogP contribution in [0.15, 0.2) is 35.4 Å². The summed E-state index contributed by atoms with van der Waals surface area (Å²) in [6, 6.07) is 9.56. The van der Waals surface area contributed by atoms with Crippen LogP contribution in [-0.2, 0) is 11.2 Å². The SMILES string of the molecule is CC(=O)[C@@H]1C/C(=N/NC(N)=O)[C@H](C)[C@H](Cc2ccccc2)C1. The van der Waals surface area contributed by atoms with E-state index in [2.05, 4.69) is 29.6 Å². The van der Waals surface area contributed by atoms with E-state index in [0.717, 1.165) is 18.6 Å². The zero-order valence-electron chi connectivity index (χ0n) is 13.1. The quantitative estimate of drug-likeness (QED) is 0.837. The highest BCUT2D eigenvalue weighted by Crippen LogP contribution is 2.34. The second kappa shape index (κ2) is 7.20. The lowest BCUT2D eigenvalue weighted by Gasteiger charge is -2.34. The summed E-state index contributed by atoms with van der Waals surface area (Å²) in [7, 11) is 0. The van der Waals surface area contributed by atoms with Crippen LogP contribution in [0.5, 0.6) is 0 Å². The Morgan fingerprint density at radius 1 is 1.32 bits per heavy atom. The Bertz CT molecular complexity index is 569. The number of ketones is 1. The van der Waals surface area contributed by atoms with Crippen molar-refractivity contribution in [1.29, 1.82) is 0 Å². The molecular weight excluding hydrogens is 278 g/mol. The number of hydrogen-bond acceptors (Lipinski definition) is 3. The number of carbonyl (C=O) groups excluding carboxylic acids is 2. The smallest absolute Gasteiger partial charge is 0.332 e. The van der Waals surface area contributed by atoms with Gasteiger partial charge in [0.15, 0.2) is 0 Å². The summed E-state index contributed by atoms with van der Waals surface area (Å²) in [5.41, 5.74) is 9.50. The van der Waals surface area contributed by atoms with Gasteiger partial charge in [-0.05, 0) is 43.6 Å². The summed E-state index contributed by atoms with van der Waals surface area (Å²) in [5.74, 6) is 0.691. The number of Topliss-reactive ketones (excluding diaryl/α,β-unsaturated/α-hetero) is 1. The molecule has 0 aliphatic heterocycles. The second-order valence-electron chi connectivity index (χ2n) is 6.07. The van der Waals surface area contributed by atoms with E-state index in [1.807, 2.05) is 18.2 Å². The normalized spacial score (nSPS) is 26.6. The number of nitrogens with one attached hydrogen (secondary N) is 1. The largest absolute Gasteiger partial charge is 0.350 e. The third-order valence-corrected chi connectivity index (χ3v) is 4.50. The molecule has 1 saturated carbocycles. The first-order chi connectivity index (χ1) is 10.5. The van der Waals surface area contributed by atoms with Crippen LogP contribution >= 0.6 is 0 Å². The third kappa shape index (κ3) is 4.16. The summed E-state index contributed by atoms with van der Waals surface area (Å²) in [6.45, 7) is 3.73. The first kappa shape index (κ1) is 16.2. The summed E-state index contributed by atoms with van der Waals surface area (Å²) in [5, 5.41) is 4.13. The minimum absolute atomic E-state index is 0.0293. The van der Waals surface area contributed by atoms with Gasteiger partial charge >= 0.3 is 6.03 Å². The summed E-state index contributed by atoms with van der Waals surface area (Å²) < 4.78 is 0. The lowest BCUT2D eigenvalue weighted by molar-refractivity contribution is -0.121. The van der Waals surface area contributed by atoms with Crippen molar-refractivity contribution >= 4 is 17.5 Å². The van der Waals surface area contributed by atoms with E-state index < -0.39 is 6.03 Å². The lowest BCUT2D eigenvalue weighted by Crippen LogP contribution is -2.37. The number of nitrogens with zero attached hydrogens (tertiary/aromatic N) is 1. The summed E-state index contributed by atoms with van der Waals surface area (Å²) in [6.07, 6.45) is 2.37. The Labute approximate surface area is 131 Å². The van der Waals surface area contributed by atoms with Gasteiger partial charge in [0.05, 0.1) is 0 Å². The minimum Gasteiger partial charge on any atom is -0.350 e. The van der Waals surface area contributed by atoms with Gasteiger partial charge in [0.1, 0.15) is 5.78 Å². The molecule has 0 unspecified atom stereocenters. The highest BCUT2D eigenvalue weighted by atomic mass is 16.2. The maximum Gasteiger partial charge on any atom is 0.332 e. The number of hydrogen-bond donors (Lipinski definition) is 2.